The zero-order valence-corrected chi connectivity index (χ0v) is 20.2. The van der Waals surface area contributed by atoms with Gasteiger partial charge in [0.1, 0.15) is 17.8 Å². The molecule has 0 saturated heterocycles. The fourth-order valence-electron chi connectivity index (χ4n) is 4.58. The lowest BCUT2D eigenvalue weighted by Gasteiger charge is -2.11. The molecule has 2 N–H and O–H groups in total. The monoisotopic (exact) mass is 510 g/mol. The van der Waals surface area contributed by atoms with Crippen molar-refractivity contribution in [2.24, 2.45) is 0 Å². The van der Waals surface area contributed by atoms with Gasteiger partial charge < -0.3 is 15.0 Å². The molecule has 6 aromatic rings. The molecule has 2 aromatic carbocycles. The van der Waals surface area contributed by atoms with Crippen molar-refractivity contribution in [3.8, 4) is 28.6 Å². The van der Waals surface area contributed by atoms with Crippen molar-refractivity contribution in [2.45, 2.75) is 13.8 Å². The second-order valence-electron chi connectivity index (χ2n) is 8.60. The highest BCUT2D eigenvalue weighted by atomic mass is 19.1. The lowest BCUT2D eigenvalue weighted by Crippen LogP contribution is -2.00. The van der Waals surface area contributed by atoms with Crippen molar-refractivity contribution in [1.82, 2.24) is 28.9 Å². The predicted octanol–water partition coefficient (Wildman–Crippen LogP) is 5.17. The molecule has 0 radical (unpaired) electrons. The number of aryl methyl sites for hydroxylation is 1. The summed E-state index contributed by atoms with van der Waals surface area (Å²) in [4.78, 5) is 27.9. The van der Waals surface area contributed by atoms with Gasteiger partial charge in [0.05, 0.1) is 21.6 Å². The van der Waals surface area contributed by atoms with Gasteiger partial charge in [-0.25, -0.2) is 24.3 Å². The molecule has 0 unspecified atom stereocenters. The SMILES string of the molecule is Cc1ccnc(Oc2ccc(-c3c4c(N)ncnc4n4ccn(-c5cccc([N+](=O)[O-])c5C)c34)cc2F)n1. The summed E-state index contributed by atoms with van der Waals surface area (Å²) < 4.78 is 24.5. The molecular formula is C26H19FN8O3. The zero-order chi connectivity index (χ0) is 26.6. The Bertz CT molecular complexity index is 1900. The van der Waals surface area contributed by atoms with Crippen LogP contribution in [0.4, 0.5) is 15.9 Å². The first-order valence-electron chi connectivity index (χ1n) is 11.5. The first kappa shape index (κ1) is 23.0. The molecule has 4 aromatic heterocycles. The number of hydrogen-bond acceptors (Lipinski definition) is 8. The Morgan fingerprint density at radius 3 is 2.68 bits per heavy atom. The van der Waals surface area contributed by atoms with E-state index in [1.165, 1.54) is 30.7 Å². The van der Waals surface area contributed by atoms with Crippen LogP contribution in [-0.2, 0) is 0 Å². The molecule has 0 aliphatic rings. The molecule has 6 rings (SSSR count). The van der Waals surface area contributed by atoms with Gasteiger partial charge in [-0.3, -0.25) is 14.5 Å². The van der Waals surface area contributed by atoms with Gasteiger partial charge in [-0.05, 0) is 43.7 Å². The summed E-state index contributed by atoms with van der Waals surface area (Å²) in [5.74, 6) is -0.474. The Labute approximate surface area is 214 Å². The van der Waals surface area contributed by atoms with E-state index in [1.54, 1.807) is 59.5 Å². The molecule has 12 heteroatoms. The molecule has 38 heavy (non-hydrogen) atoms. The molecule has 0 bridgehead atoms. The molecule has 188 valence electrons. The van der Waals surface area contributed by atoms with Crippen LogP contribution >= 0.6 is 0 Å². The number of rotatable bonds is 5. The Hall–Kier alpha value is -5.39. The van der Waals surface area contributed by atoms with E-state index >= 15 is 4.39 Å². The summed E-state index contributed by atoms with van der Waals surface area (Å²) in [7, 11) is 0. The van der Waals surface area contributed by atoms with Crippen LogP contribution in [-0.4, -0.2) is 33.8 Å². The van der Waals surface area contributed by atoms with E-state index in [2.05, 4.69) is 19.9 Å². The smallest absolute Gasteiger partial charge is 0.322 e. The van der Waals surface area contributed by atoms with Crippen LogP contribution in [0.5, 0.6) is 11.8 Å². The summed E-state index contributed by atoms with van der Waals surface area (Å²) in [6.45, 7) is 3.46. The number of nitrogens with zero attached hydrogens (tertiary/aromatic N) is 7. The lowest BCUT2D eigenvalue weighted by molar-refractivity contribution is -0.385. The third-order valence-electron chi connectivity index (χ3n) is 6.31. The summed E-state index contributed by atoms with van der Waals surface area (Å²) in [5.41, 5.74) is 10.2. The van der Waals surface area contributed by atoms with Gasteiger partial charge in [0, 0.05) is 35.9 Å². The summed E-state index contributed by atoms with van der Waals surface area (Å²) in [5, 5.41) is 12.1. The summed E-state index contributed by atoms with van der Waals surface area (Å²) in [6.07, 6.45) is 6.42. The average Bonchev–Trinajstić information content (AvgIpc) is 3.45. The Morgan fingerprint density at radius 2 is 1.92 bits per heavy atom. The number of hydrogen-bond donors (Lipinski definition) is 1. The van der Waals surface area contributed by atoms with E-state index in [0.29, 0.717) is 44.8 Å². The number of halogens is 1. The molecule has 0 saturated carbocycles. The number of nitrogen functional groups attached to an aromatic ring is 1. The minimum Gasteiger partial charge on any atom is -0.421 e. The molecule has 0 atom stereocenters. The minimum atomic E-state index is -0.639. The number of benzene rings is 2. The Balaban J connectivity index is 1.58. The number of nitro groups is 1. The van der Waals surface area contributed by atoms with Gasteiger partial charge in [-0.15, -0.1) is 0 Å². The van der Waals surface area contributed by atoms with Crippen LogP contribution < -0.4 is 10.5 Å². The second kappa shape index (κ2) is 8.62. The van der Waals surface area contributed by atoms with Crippen LogP contribution in [0.1, 0.15) is 11.3 Å². The topological polar surface area (TPSA) is 139 Å². The molecule has 0 spiro atoms. The van der Waals surface area contributed by atoms with E-state index < -0.39 is 10.7 Å². The van der Waals surface area contributed by atoms with Crippen molar-refractivity contribution >= 4 is 28.2 Å². The standard InChI is InChI=1S/C26H19FN8O3/c1-14-8-9-29-26(32-14)38-20-7-6-16(12-17(20)27)21-22-23(28)30-13-31-24(22)34-11-10-33(25(21)34)18-4-3-5-19(15(18)2)35(36)37/h3-13H,1-2H3,(H2,28,30,31). The third-order valence-corrected chi connectivity index (χ3v) is 6.31. The van der Waals surface area contributed by atoms with Gasteiger partial charge in [-0.2, -0.15) is 0 Å². The highest BCUT2D eigenvalue weighted by Gasteiger charge is 2.24. The van der Waals surface area contributed by atoms with Gasteiger partial charge in [0.25, 0.3) is 5.69 Å². The normalized spacial score (nSPS) is 11.3. The first-order chi connectivity index (χ1) is 18.3. The maximum Gasteiger partial charge on any atom is 0.322 e. The second-order valence-corrected chi connectivity index (χ2v) is 8.60. The van der Waals surface area contributed by atoms with Crippen LogP contribution in [0, 0.1) is 29.8 Å². The van der Waals surface area contributed by atoms with Crippen molar-refractivity contribution in [3.05, 3.63) is 94.6 Å². The fraction of sp³-hybridized carbons (Fsp3) is 0.0769. The summed E-state index contributed by atoms with van der Waals surface area (Å²) in [6, 6.07) is 11.1. The van der Waals surface area contributed by atoms with Gasteiger partial charge >= 0.3 is 6.01 Å². The number of ether oxygens (including phenoxy) is 1. The number of imidazole rings is 1. The predicted molar refractivity (Wildman–Crippen MR) is 138 cm³/mol. The number of nitrogens with two attached hydrogens (primary N) is 1. The van der Waals surface area contributed by atoms with Gasteiger partial charge in [0.2, 0.25) is 0 Å². The van der Waals surface area contributed by atoms with Crippen LogP contribution in [0.2, 0.25) is 0 Å². The maximum atomic E-state index is 15.4. The van der Waals surface area contributed by atoms with E-state index in [-0.39, 0.29) is 23.3 Å². The Morgan fingerprint density at radius 1 is 1.08 bits per heavy atom. The molecule has 11 nitrogen and oxygen atoms in total. The molecule has 0 amide bonds. The van der Waals surface area contributed by atoms with Crippen LogP contribution in [0.25, 0.3) is 33.5 Å². The summed E-state index contributed by atoms with van der Waals surface area (Å²) >= 11 is 0. The molecular weight excluding hydrogens is 491 g/mol. The van der Waals surface area contributed by atoms with E-state index in [1.807, 2.05) is 0 Å². The maximum absolute atomic E-state index is 15.4. The number of nitro benzene ring substituents is 1. The molecule has 0 aliphatic carbocycles. The third kappa shape index (κ3) is 3.58. The highest BCUT2D eigenvalue weighted by Crippen LogP contribution is 2.40. The van der Waals surface area contributed by atoms with Gasteiger partial charge in [0.15, 0.2) is 17.2 Å². The van der Waals surface area contributed by atoms with Gasteiger partial charge in [-0.1, -0.05) is 12.1 Å². The fourth-order valence-corrected chi connectivity index (χ4v) is 4.58. The molecule has 4 heterocycles. The number of fused-ring (bicyclic) bond motifs is 3. The lowest BCUT2D eigenvalue weighted by atomic mass is 10.0. The zero-order valence-electron chi connectivity index (χ0n) is 20.2. The molecule has 0 fully saturated rings. The van der Waals surface area contributed by atoms with Crippen molar-refractivity contribution < 1.29 is 14.1 Å². The molecule has 0 aliphatic heterocycles. The van der Waals surface area contributed by atoms with E-state index in [0.717, 1.165) is 0 Å². The van der Waals surface area contributed by atoms with Crippen LogP contribution in [0.15, 0.2) is 67.4 Å². The largest absolute Gasteiger partial charge is 0.421 e. The first-order valence-corrected chi connectivity index (χ1v) is 11.5. The van der Waals surface area contributed by atoms with Crippen LogP contribution in [0.3, 0.4) is 0 Å². The number of anilines is 1. The average molecular weight is 510 g/mol. The van der Waals surface area contributed by atoms with Crippen molar-refractivity contribution in [2.75, 3.05) is 5.73 Å². The number of aromatic nitrogens is 6. The van der Waals surface area contributed by atoms with Crippen molar-refractivity contribution in [1.29, 1.82) is 0 Å². The highest BCUT2D eigenvalue weighted by molar-refractivity contribution is 6.08. The quantitative estimate of drug-likeness (QED) is 0.248. The van der Waals surface area contributed by atoms with Crippen molar-refractivity contribution in [3.63, 3.8) is 0 Å². The minimum absolute atomic E-state index is 0.0165. The Kier molecular flexibility index (Phi) is 5.23. The van der Waals surface area contributed by atoms with E-state index in [9.17, 15) is 10.1 Å². The van der Waals surface area contributed by atoms with E-state index in [4.69, 9.17) is 10.5 Å².